The van der Waals surface area contributed by atoms with Gasteiger partial charge in [-0.05, 0) is 17.5 Å². The van der Waals surface area contributed by atoms with Crippen LogP contribution in [-0.2, 0) is 0 Å². The summed E-state index contributed by atoms with van der Waals surface area (Å²) in [5, 5.41) is 13.9. The summed E-state index contributed by atoms with van der Waals surface area (Å²) in [6.45, 7) is 6.64. The Morgan fingerprint density at radius 2 is 2.06 bits per heavy atom. The fourth-order valence-corrected chi connectivity index (χ4v) is 1.35. The summed E-state index contributed by atoms with van der Waals surface area (Å²) in [5.41, 5.74) is 5.46. The first kappa shape index (κ1) is 14.0. The Hall–Kier alpha value is -2.11. The van der Waals surface area contributed by atoms with Gasteiger partial charge in [-0.25, -0.2) is 0 Å². The van der Waals surface area contributed by atoms with Gasteiger partial charge in [-0.15, -0.1) is 0 Å². The third-order valence-corrected chi connectivity index (χ3v) is 2.29. The first-order valence-electron chi connectivity index (χ1n) is 5.53. The normalized spacial score (nSPS) is 11.1. The minimum atomic E-state index is -0.680. The molecule has 1 aromatic carbocycles. The molecule has 0 aromatic heterocycles. The number of nitrogens with zero attached hydrogens (tertiary/aromatic N) is 1. The van der Waals surface area contributed by atoms with E-state index in [1.54, 1.807) is 0 Å². The van der Waals surface area contributed by atoms with Gasteiger partial charge in [0.05, 0.1) is 4.92 Å². The fourth-order valence-electron chi connectivity index (χ4n) is 1.35. The molecule has 0 aliphatic rings. The van der Waals surface area contributed by atoms with Gasteiger partial charge in [-0.1, -0.05) is 20.8 Å². The summed E-state index contributed by atoms with van der Waals surface area (Å²) < 4.78 is 0. The Bertz CT molecular complexity index is 478. The van der Waals surface area contributed by atoms with Gasteiger partial charge in [0.15, 0.2) is 0 Å². The largest absolute Gasteiger partial charge is 0.379 e. The third kappa shape index (κ3) is 3.73. The molecule has 1 amide bonds. The van der Waals surface area contributed by atoms with Crippen molar-refractivity contribution in [2.75, 3.05) is 11.9 Å². The Labute approximate surface area is 105 Å². The van der Waals surface area contributed by atoms with E-state index in [2.05, 4.69) is 5.32 Å². The first-order valence-corrected chi connectivity index (χ1v) is 5.53. The Morgan fingerprint density at radius 3 is 2.50 bits per heavy atom. The molecule has 0 unspecified atom stereocenters. The molecule has 1 rings (SSSR count). The lowest BCUT2D eigenvalue weighted by atomic mass is 9.97. The predicted octanol–water partition coefficient (Wildman–Crippen LogP) is 2.15. The standard InChI is InChI=1S/C12H17N3O3/c1-12(2,3)7-14-9-5-4-8(11(13)16)6-10(9)15(17)18/h4-6,14H,7H2,1-3H3,(H2,13,16). The van der Waals surface area contributed by atoms with Crippen LogP contribution in [0.25, 0.3) is 0 Å². The molecule has 0 fully saturated rings. The van der Waals surface area contributed by atoms with Crippen molar-refractivity contribution in [3.8, 4) is 0 Å². The number of amides is 1. The second-order valence-electron chi connectivity index (χ2n) is 5.27. The number of rotatable bonds is 4. The van der Waals surface area contributed by atoms with Crippen molar-refractivity contribution in [2.45, 2.75) is 20.8 Å². The molecule has 18 heavy (non-hydrogen) atoms. The van der Waals surface area contributed by atoms with Gasteiger partial charge in [0.25, 0.3) is 5.69 Å². The molecular weight excluding hydrogens is 234 g/mol. The van der Waals surface area contributed by atoms with Crippen molar-refractivity contribution in [1.82, 2.24) is 0 Å². The summed E-state index contributed by atoms with van der Waals surface area (Å²) in [7, 11) is 0. The van der Waals surface area contributed by atoms with Crippen molar-refractivity contribution in [2.24, 2.45) is 11.1 Å². The smallest absolute Gasteiger partial charge is 0.293 e. The van der Waals surface area contributed by atoms with E-state index in [4.69, 9.17) is 5.73 Å². The van der Waals surface area contributed by atoms with Gasteiger partial charge in [-0.3, -0.25) is 14.9 Å². The number of hydrogen-bond donors (Lipinski definition) is 2. The molecule has 0 saturated carbocycles. The summed E-state index contributed by atoms with van der Waals surface area (Å²) in [6.07, 6.45) is 0. The quantitative estimate of drug-likeness (QED) is 0.632. The highest BCUT2D eigenvalue weighted by atomic mass is 16.6. The number of nitrogens with one attached hydrogen (secondary N) is 1. The summed E-state index contributed by atoms with van der Waals surface area (Å²) in [5.74, 6) is -0.680. The molecular formula is C12H17N3O3. The number of primary amides is 1. The molecule has 98 valence electrons. The fraction of sp³-hybridized carbons (Fsp3) is 0.417. The van der Waals surface area contributed by atoms with Crippen LogP contribution >= 0.6 is 0 Å². The molecule has 0 atom stereocenters. The van der Waals surface area contributed by atoms with Crippen molar-refractivity contribution in [3.05, 3.63) is 33.9 Å². The molecule has 0 heterocycles. The van der Waals surface area contributed by atoms with E-state index in [0.29, 0.717) is 12.2 Å². The van der Waals surface area contributed by atoms with Crippen LogP contribution in [0, 0.1) is 15.5 Å². The van der Waals surface area contributed by atoms with E-state index in [0.717, 1.165) is 0 Å². The van der Waals surface area contributed by atoms with Gasteiger partial charge in [-0.2, -0.15) is 0 Å². The zero-order valence-electron chi connectivity index (χ0n) is 10.7. The lowest BCUT2D eigenvalue weighted by Crippen LogP contribution is -2.20. The summed E-state index contributed by atoms with van der Waals surface area (Å²) in [4.78, 5) is 21.4. The number of benzene rings is 1. The van der Waals surface area contributed by atoms with Crippen LogP contribution in [0.1, 0.15) is 31.1 Å². The SMILES string of the molecule is CC(C)(C)CNc1ccc(C(N)=O)cc1[N+](=O)[O-]. The zero-order valence-corrected chi connectivity index (χ0v) is 10.7. The second-order valence-corrected chi connectivity index (χ2v) is 5.27. The van der Waals surface area contributed by atoms with Crippen LogP contribution in [0.4, 0.5) is 11.4 Å². The average molecular weight is 251 g/mol. The van der Waals surface area contributed by atoms with E-state index >= 15 is 0 Å². The van der Waals surface area contributed by atoms with Crippen molar-refractivity contribution in [3.63, 3.8) is 0 Å². The summed E-state index contributed by atoms with van der Waals surface area (Å²) in [6, 6.07) is 4.16. The van der Waals surface area contributed by atoms with Gasteiger partial charge in [0, 0.05) is 18.2 Å². The van der Waals surface area contributed by atoms with Crippen molar-refractivity contribution < 1.29 is 9.72 Å². The predicted molar refractivity (Wildman–Crippen MR) is 69.6 cm³/mol. The molecule has 6 heteroatoms. The molecule has 0 radical (unpaired) electrons. The molecule has 0 spiro atoms. The average Bonchev–Trinajstić information content (AvgIpc) is 2.24. The number of nitro benzene ring substituents is 1. The highest BCUT2D eigenvalue weighted by molar-refractivity contribution is 5.94. The van der Waals surface area contributed by atoms with E-state index in [9.17, 15) is 14.9 Å². The number of hydrogen-bond acceptors (Lipinski definition) is 4. The minimum Gasteiger partial charge on any atom is -0.379 e. The maximum atomic E-state index is 11.0. The van der Waals surface area contributed by atoms with Gasteiger partial charge >= 0.3 is 0 Å². The molecule has 6 nitrogen and oxygen atoms in total. The van der Waals surface area contributed by atoms with E-state index in [1.807, 2.05) is 20.8 Å². The molecule has 1 aromatic rings. The number of nitro groups is 1. The third-order valence-electron chi connectivity index (χ3n) is 2.29. The Balaban J connectivity index is 3.05. The molecule has 0 bridgehead atoms. The van der Waals surface area contributed by atoms with Crippen LogP contribution < -0.4 is 11.1 Å². The van der Waals surface area contributed by atoms with E-state index in [-0.39, 0.29) is 16.7 Å². The van der Waals surface area contributed by atoms with Crippen molar-refractivity contribution in [1.29, 1.82) is 0 Å². The molecule has 0 aliphatic carbocycles. The van der Waals surface area contributed by atoms with Gasteiger partial charge in [0.2, 0.25) is 5.91 Å². The highest BCUT2D eigenvalue weighted by Gasteiger charge is 2.18. The molecule has 3 N–H and O–H groups in total. The number of carbonyl (C=O) groups excluding carboxylic acids is 1. The van der Waals surface area contributed by atoms with Crippen LogP contribution in [0.3, 0.4) is 0 Å². The molecule has 0 aliphatic heterocycles. The zero-order chi connectivity index (χ0) is 13.9. The number of nitrogens with two attached hydrogens (primary N) is 1. The lowest BCUT2D eigenvalue weighted by molar-refractivity contribution is -0.384. The number of carbonyl (C=O) groups is 1. The maximum Gasteiger partial charge on any atom is 0.293 e. The maximum absolute atomic E-state index is 11.0. The van der Waals surface area contributed by atoms with Gasteiger partial charge in [0.1, 0.15) is 5.69 Å². The van der Waals surface area contributed by atoms with Crippen LogP contribution in [-0.4, -0.2) is 17.4 Å². The first-order chi connectivity index (χ1) is 8.20. The monoisotopic (exact) mass is 251 g/mol. The van der Waals surface area contributed by atoms with Crippen LogP contribution in [0.5, 0.6) is 0 Å². The van der Waals surface area contributed by atoms with Crippen LogP contribution in [0.15, 0.2) is 18.2 Å². The highest BCUT2D eigenvalue weighted by Crippen LogP contribution is 2.26. The van der Waals surface area contributed by atoms with E-state index < -0.39 is 10.8 Å². The lowest BCUT2D eigenvalue weighted by Gasteiger charge is -2.19. The number of anilines is 1. The van der Waals surface area contributed by atoms with E-state index in [1.165, 1.54) is 18.2 Å². The van der Waals surface area contributed by atoms with Crippen molar-refractivity contribution >= 4 is 17.3 Å². The summed E-state index contributed by atoms with van der Waals surface area (Å²) >= 11 is 0. The Morgan fingerprint density at radius 1 is 1.44 bits per heavy atom. The second kappa shape index (κ2) is 5.03. The Kier molecular flexibility index (Phi) is 3.90. The molecule has 0 saturated heterocycles. The van der Waals surface area contributed by atoms with Crippen LogP contribution in [0.2, 0.25) is 0 Å². The minimum absolute atomic E-state index is 0.00374. The van der Waals surface area contributed by atoms with Gasteiger partial charge < -0.3 is 11.1 Å². The topological polar surface area (TPSA) is 98.3 Å².